The number of hydrogen-bond acceptors (Lipinski definition) is 4. The molecule has 0 amide bonds. The van der Waals surface area contributed by atoms with Crippen LogP contribution >= 0.6 is 0 Å². The maximum absolute atomic E-state index is 11.2. The maximum atomic E-state index is 11.2. The van der Waals surface area contributed by atoms with Crippen LogP contribution in [0.2, 0.25) is 0 Å². The van der Waals surface area contributed by atoms with E-state index in [-0.39, 0.29) is 31.6 Å². The van der Waals surface area contributed by atoms with Crippen molar-refractivity contribution in [3.63, 3.8) is 0 Å². The summed E-state index contributed by atoms with van der Waals surface area (Å²) < 4.78 is 0. The summed E-state index contributed by atoms with van der Waals surface area (Å²) in [6.07, 6.45) is 4.34. The number of aromatic nitrogens is 2. The van der Waals surface area contributed by atoms with Crippen molar-refractivity contribution in [3.8, 4) is 11.4 Å². The number of nitrogens with zero attached hydrogens (tertiary/aromatic N) is 2. The molecule has 0 saturated heterocycles. The fourth-order valence-corrected chi connectivity index (χ4v) is 3.55. The third-order valence-electron chi connectivity index (χ3n) is 4.98. The largest absolute Gasteiger partial charge is 0.512 e. The summed E-state index contributed by atoms with van der Waals surface area (Å²) in [6, 6.07) is 23.4. The molecule has 0 aliphatic carbocycles. The Morgan fingerprint density at radius 3 is 2.29 bits per heavy atom. The minimum absolute atomic E-state index is 0. The number of ketones is 1. The predicted molar refractivity (Wildman–Crippen MR) is 136 cm³/mol. The first-order chi connectivity index (χ1) is 15.8. The quantitative estimate of drug-likeness (QED) is 0.105. The first-order valence-corrected chi connectivity index (χ1v) is 11.4. The minimum atomic E-state index is 0. The molecule has 179 valence electrons. The second kappa shape index (κ2) is 13.1. The summed E-state index contributed by atoms with van der Waals surface area (Å²) in [5.41, 5.74) is 1.91. The Labute approximate surface area is 215 Å². The van der Waals surface area contributed by atoms with E-state index in [9.17, 15) is 9.90 Å². The van der Waals surface area contributed by atoms with E-state index in [0.29, 0.717) is 24.7 Å². The van der Waals surface area contributed by atoms with Crippen molar-refractivity contribution in [2.45, 2.75) is 40.5 Å². The SMILES string of the molecule is CC(C)CC(=O)/C=C(\O)CC(C)C.[Ir].[c-]1ccccc1-c1ncc2ccc3ccccc3c2n1. The Bertz CT molecular complexity index is 1250. The molecule has 0 unspecified atom stereocenters. The average molecular weight is 632 g/mol. The van der Waals surface area contributed by atoms with E-state index in [4.69, 9.17) is 4.98 Å². The van der Waals surface area contributed by atoms with Crippen molar-refractivity contribution in [3.05, 3.63) is 84.8 Å². The van der Waals surface area contributed by atoms with Crippen LogP contribution in [0.4, 0.5) is 0 Å². The monoisotopic (exact) mass is 632 g/mol. The number of rotatable bonds is 6. The van der Waals surface area contributed by atoms with Crippen molar-refractivity contribution in [1.82, 2.24) is 9.97 Å². The van der Waals surface area contributed by atoms with Crippen LogP contribution in [0.3, 0.4) is 0 Å². The molecule has 4 rings (SSSR count). The van der Waals surface area contributed by atoms with Crippen molar-refractivity contribution in [1.29, 1.82) is 0 Å². The summed E-state index contributed by atoms with van der Waals surface area (Å²) in [4.78, 5) is 20.4. The average Bonchev–Trinajstić information content (AvgIpc) is 2.78. The zero-order valence-corrected chi connectivity index (χ0v) is 22.5. The van der Waals surface area contributed by atoms with Crippen molar-refractivity contribution in [2.24, 2.45) is 11.8 Å². The molecule has 34 heavy (non-hydrogen) atoms. The van der Waals surface area contributed by atoms with Crippen LogP contribution in [0.1, 0.15) is 40.5 Å². The molecule has 0 spiro atoms. The molecule has 1 heterocycles. The fourth-order valence-electron chi connectivity index (χ4n) is 3.55. The molecule has 0 fully saturated rings. The number of aliphatic hydroxyl groups is 1. The fraction of sp³-hybridized carbons (Fsp3) is 0.276. The van der Waals surface area contributed by atoms with Crippen LogP contribution in [0.5, 0.6) is 0 Å². The van der Waals surface area contributed by atoms with Gasteiger partial charge in [0.05, 0.1) is 17.1 Å². The van der Waals surface area contributed by atoms with Gasteiger partial charge in [-0.2, -0.15) is 0 Å². The van der Waals surface area contributed by atoms with Gasteiger partial charge in [-0.1, -0.05) is 64.1 Å². The molecule has 0 bridgehead atoms. The van der Waals surface area contributed by atoms with Gasteiger partial charge < -0.3 is 5.11 Å². The Balaban J connectivity index is 0.000000258. The molecular formula is C29H31IrN2O2-. The standard InChI is InChI=1S/C18H11N2.C11H20O2.Ir/c1-2-7-14(8-3-1)18-19-12-15-11-10-13-6-4-5-9-16(13)17(15)20-18;1-8(2)5-10(12)7-11(13)6-9(3)4;/h1-7,9-12H;7-9,12H,5-6H2,1-4H3;/q-1;;/b;10-7-;. The molecule has 1 radical (unpaired) electrons. The number of aliphatic hydroxyl groups excluding tert-OH is 1. The van der Waals surface area contributed by atoms with E-state index in [2.05, 4.69) is 35.3 Å². The number of fused-ring (bicyclic) bond motifs is 3. The van der Waals surface area contributed by atoms with Gasteiger partial charge in [-0.15, -0.1) is 35.9 Å². The van der Waals surface area contributed by atoms with Gasteiger partial charge in [-0.25, -0.2) is 0 Å². The Kier molecular flexibility index (Phi) is 10.6. The number of hydrogen-bond donors (Lipinski definition) is 1. The van der Waals surface area contributed by atoms with Gasteiger partial charge in [0.15, 0.2) is 5.78 Å². The summed E-state index contributed by atoms with van der Waals surface area (Å²) in [5, 5.41) is 12.8. The van der Waals surface area contributed by atoms with E-state index in [1.54, 1.807) is 0 Å². The van der Waals surface area contributed by atoms with Gasteiger partial charge in [0, 0.05) is 56.0 Å². The van der Waals surface area contributed by atoms with E-state index in [1.807, 2.05) is 70.3 Å². The molecular weight excluding hydrogens is 601 g/mol. The summed E-state index contributed by atoms with van der Waals surface area (Å²) in [7, 11) is 0. The first-order valence-electron chi connectivity index (χ1n) is 11.4. The summed E-state index contributed by atoms with van der Waals surface area (Å²) >= 11 is 0. The van der Waals surface area contributed by atoms with Crippen molar-refractivity contribution in [2.75, 3.05) is 0 Å². The normalized spacial score (nSPS) is 11.3. The molecule has 1 N–H and O–H groups in total. The van der Waals surface area contributed by atoms with Gasteiger partial charge in [-0.3, -0.25) is 14.8 Å². The molecule has 3 aromatic carbocycles. The molecule has 0 atom stereocenters. The van der Waals surface area contributed by atoms with Crippen LogP contribution < -0.4 is 0 Å². The molecule has 1 aromatic heterocycles. The number of carbonyl (C=O) groups is 1. The first kappa shape index (κ1) is 27.4. The third-order valence-corrected chi connectivity index (χ3v) is 4.98. The van der Waals surface area contributed by atoms with Crippen LogP contribution in [-0.2, 0) is 24.9 Å². The van der Waals surface area contributed by atoms with E-state index >= 15 is 0 Å². The number of allylic oxidation sites excluding steroid dienone is 2. The number of carbonyl (C=O) groups excluding carboxylic acids is 1. The van der Waals surface area contributed by atoms with Crippen LogP contribution in [0.25, 0.3) is 33.1 Å². The van der Waals surface area contributed by atoms with E-state index < -0.39 is 0 Å². The predicted octanol–water partition coefficient (Wildman–Crippen LogP) is 7.34. The van der Waals surface area contributed by atoms with Gasteiger partial charge in [-0.05, 0) is 17.2 Å². The smallest absolute Gasteiger partial charge is 0.159 e. The Morgan fingerprint density at radius 2 is 1.62 bits per heavy atom. The number of benzene rings is 3. The zero-order chi connectivity index (χ0) is 23.8. The van der Waals surface area contributed by atoms with Gasteiger partial charge in [0.2, 0.25) is 0 Å². The molecule has 0 aliphatic rings. The summed E-state index contributed by atoms with van der Waals surface area (Å²) in [6.45, 7) is 8.00. The minimum Gasteiger partial charge on any atom is -0.512 e. The topological polar surface area (TPSA) is 63.1 Å². The summed E-state index contributed by atoms with van der Waals surface area (Å²) in [5.74, 6) is 1.70. The Hall–Kier alpha value is -2.88. The second-order valence-corrected chi connectivity index (χ2v) is 8.99. The zero-order valence-electron chi connectivity index (χ0n) is 20.1. The molecule has 5 heteroatoms. The van der Waals surface area contributed by atoms with Crippen LogP contribution in [0, 0.1) is 17.9 Å². The maximum Gasteiger partial charge on any atom is 0.159 e. The Morgan fingerprint density at radius 1 is 0.941 bits per heavy atom. The van der Waals surface area contributed by atoms with Crippen LogP contribution in [0.15, 0.2) is 78.7 Å². The van der Waals surface area contributed by atoms with E-state index in [0.717, 1.165) is 27.7 Å². The van der Waals surface area contributed by atoms with Gasteiger partial charge in [0.25, 0.3) is 0 Å². The molecule has 0 saturated carbocycles. The van der Waals surface area contributed by atoms with Gasteiger partial charge >= 0.3 is 0 Å². The van der Waals surface area contributed by atoms with Gasteiger partial charge in [0.1, 0.15) is 0 Å². The second-order valence-electron chi connectivity index (χ2n) is 8.99. The van der Waals surface area contributed by atoms with Crippen LogP contribution in [-0.4, -0.2) is 20.9 Å². The van der Waals surface area contributed by atoms with Crippen molar-refractivity contribution < 1.29 is 30.0 Å². The van der Waals surface area contributed by atoms with Crippen molar-refractivity contribution >= 4 is 27.5 Å². The third kappa shape index (κ3) is 7.86. The molecule has 0 aliphatic heterocycles. The molecule has 4 aromatic rings. The van der Waals surface area contributed by atoms with E-state index in [1.165, 1.54) is 11.5 Å². The molecule has 4 nitrogen and oxygen atoms in total.